The first kappa shape index (κ1) is 18.1. The molecule has 2 aromatic rings. The fourth-order valence-electron chi connectivity index (χ4n) is 3.02. The summed E-state index contributed by atoms with van der Waals surface area (Å²) in [5, 5.41) is 6.40. The van der Waals surface area contributed by atoms with Gasteiger partial charge < -0.3 is 26.8 Å². The van der Waals surface area contributed by atoms with Gasteiger partial charge in [-0.3, -0.25) is 4.79 Å². The van der Waals surface area contributed by atoms with Crippen LogP contribution in [0.2, 0.25) is 0 Å². The molecule has 0 unspecified atom stereocenters. The second-order valence-corrected chi connectivity index (χ2v) is 6.60. The molecule has 0 radical (unpaired) electrons. The SMILES string of the molecule is Cc1cc(C)cc(Nc2nc(N[C@@H]3CCOC[C@@H]3N)ncc2C(N)=O)c1. The van der Waals surface area contributed by atoms with Crippen LogP contribution in [0.4, 0.5) is 17.5 Å². The Bertz CT molecular complexity index is 790. The quantitative estimate of drug-likeness (QED) is 0.638. The van der Waals surface area contributed by atoms with Gasteiger partial charge in [-0.05, 0) is 43.5 Å². The fourth-order valence-corrected chi connectivity index (χ4v) is 3.02. The number of anilines is 3. The van der Waals surface area contributed by atoms with Crippen molar-refractivity contribution in [1.82, 2.24) is 9.97 Å². The van der Waals surface area contributed by atoms with Crippen molar-refractivity contribution in [3.05, 3.63) is 41.1 Å². The molecule has 1 amide bonds. The maximum Gasteiger partial charge on any atom is 0.254 e. The fraction of sp³-hybridized carbons (Fsp3) is 0.389. The minimum atomic E-state index is -0.591. The van der Waals surface area contributed by atoms with Gasteiger partial charge >= 0.3 is 0 Å². The highest BCUT2D eigenvalue weighted by Gasteiger charge is 2.23. The van der Waals surface area contributed by atoms with E-state index in [-0.39, 0.29) is 17.6 Å². The van der Waals surface area contributed by atoms with E-state index < -0.39 is 5.91 Å². The Labute approximate surface area is 152 Å². The average Bonchev–Trinajstić information content (AvgIpc) is 2.56. The van der Waals surface area contributed by atoms with Gasteiger partial charge in [0.15, 0.2) is 0 Å². The van der Waals surface area contributed by atoms with Crippen molar-refractivity contribution in [3.63, 3.8) is 0 Å². The molecule has 8 heteroatoms. The Morgan fingerprint density at radius 1 is 1.27 bits per heavy atom. The first-order chi connectivity index (χ1) is 12.4. The number of nitrogens with zero attached hydrogens (tertiary/aromatic N) is 2. The standard InChI is InChI=1S/C18H24N6O2/c1-10-5-11(2)7-12(6-10)22-17-13(16(20)25)8-21-18(24-17)23-15-3-4-26-9-14(15)19/h5-8,14-15H,3-4,9,19H2,1-2H3,(H2,20,25)(H2,21,22,23,24)/t14-,15+/m0/s1. The van der Waals surface area contributed by atoms with Gasteiger partial charge in [0.25, 0.3) is 5.91 Å². The summed E-state index contributed by atoms with van der Waals surface area (Å²) >= 11 is 0. The third-order valence-corrected chi connectivity index (χ3v) is 4.25. The molecule has 2 atom stereocenters. The van der Waals surface area contributed by atoms with Crippen molar-refractivity contribution in [3.8, 4) is 0 Å². The zero-order valence-electron chi connectivity index (χ0n) is 15.0. The topological polar surface area (TPSA) is 128 Å². The zero-order valence-corrected chi connectivity index (χ0v) is 15.0. The van der Waals surface area contributed by atoms with Gasteiger partial charge in [0.2, 0.25) is 5.95 Å². The van der Waals surface area contributed by atoms with E-state index in [2.05, 4.69) is 26.7 Å². The molecule has 8 nitrogen and oxygen atoms in total. The van der Waals surface area contributed by atoms with Gasteiger partial charge in [0.05, 0.1) is 6.61 Å². The van der Waals surface area contributed by atoms with Crippen LogP contribution in [0.25, 0.3) is 0 Å². The molecule has 0 aliphatic carbocycles. The minimum absolute atomic E-state index is 0.0113. The molecule has 6 N–H and O–H groups in total. The lowest BCUT2D eigenvalue weighted by Gasteiger charge is -2.29. The lowest BCUT2D eigenvalue weighted by atomic mass is 10.1. The highest BCUT2D eigenvalue weighted by molar-refractivity contribution is 5.98. The van der Waals surface area contributed by atoms with E-state index in [0.717, 1.165) is 23.2 Å². The van der Waals surface area contributed by atoms with E-state index in [1.165, 1.54) is 6.20 Å². The Morgan fingerprint density at radius 2 is 2.00 bits per heavy atom. The number of ether oxygens (including phenoxy) is 1. The number of amides is 1. The van der Waals surface area contributed by atoms with Crippen LogP contribution in [-0.4, -0.2) is 41.2 Å². The number of nitrogens with one attached hydrogen (secondary N) is 2. The molecule has 138 valence electrons. The van der Waals surface area contributed by atoms with Crippen molar-refractivity contribution in [2.75, 3.05) is 23.8 Å². The predicted molar refractivity (Wildman–Crippen MR) is 101 cm³/mol. The molecule has 1 aliphatic heterocycles. The second kappa shape index (κ2) is 7.67. The van der Waals surface area contributed by atoms with E-state index in [1.807, 2.05) is 26.0 Å². The summed E-state index contributed by atoms with van der Waals surface area (Å²) in [6.07, 6.45) is 2.19. The van der Waals surface area contributed by atoms with Crippen molar-refractivity contribution >= 4 is 23.4 Å². The lowest BCUT2D eigenvalue weighted by Crippen LogP contribution is -2.47. The number of nitrogens with two attached hydrogens (primary N) is 2. The summed E-state index contributed by atoms with van der Waals surface area (Å²) in [7, 11) is 0. The Balaban J connectivity index is 1.87. The molecule has 0 saturated carbocycles. The smallest absolute Gasteiger partial charge is 0.254 e. The Morgan fingerprint density at radius 3 is 2.65 bits per heavy atom. The molecule has 1 saturated heterocycles. The van der Waals surface area contributed by atoms with Crippen LogP contribution in [0.5, 0.6) is 0 Å². The summed E-state index contributed by atoms with van der Waals surface area (Å²) in [5.41, 5.74) is 14.8. The summed E-state index contributed by atoms with van der Waals surface area (Å²) in [4.78, 5) is 20.4. The predicted octanol–water partition coefficient (Wildman–Crippen LogP) is 1.46. The van der Waals surface area contributed by atoms with Gasteiger partial charge in [0.1, 0.15) is 11.4 Å². The third-order valence-electron chi connectivity index (χ3n) is 4.25. The van der Waals surface area contributed by atoms with Gasteiger partial charge in [0, 0.05) is 30.6 Å². The third kappa shape index (κ3) is 4.27. The number of rotatable bonds is 5. The minimum Gasteiger partial charge on any atom is -0.380 e. The molecule has 26 heavy (non-hydrogen) atoms. The highest BCUT2D eigenvalue weighted by Crippen LogP contribution is 2.22. The van der Waals surface area contributed by atoms with Crippen LogP contribution in [0.15, 0.2) is 24.4 Å². The van der Waals surface area contributed by atoms with E-state index in [9.17, 15) is 4.79 Å². The van der Waals surface area contributed by atoms with E-state index in [1.54, 1.807) is 0 Å². The highest BCUT2D eigenvalue weighted by atomic mass is 16.5. The second-order valence-electron chi connectivity index (χ2n) is 6.60. The summed E-state index contributed by atoms with van der Waals surface area (Å²) in [6.45, 7) is 5.14. The molecule has 0 spiro atoms. The molecule has 2 heterocycles. The van der Waals surface area contributed by atoms with Gasteiger partial charge in [-0.2, -0.15) is 4.98 Å². The number of hydrogen-bond donors (Lipinski definition) is 4. The molecule has 1 aliphatic rings. The number of carbonyl (C=O) groups is 1. The van der Waals surface area contributed by atoms with Crippen molar-refractivity contribution in [2.24, 2.45) is 11.5 Å². The first-order valence-electron chi connectivity index (χ1n) is 8.54. The van der Waals surface area contributed by atoms with Crippen molar-refractivity contribution in [2.45, 2.75) is 32.4 Å². The summed E-state index contributed by atoms with van der Waals surface area (Å²) in [5.74, 6) is 0.163. The largest absolute Gasteiger partial charge is 0.380 e. The number of aromatic nitrogens is 2. The molecule has 3 rings (SSSR count). The number of benzene rings is 1. The maximum atomic E-state index is 11.7. The molecule has 1 fully saturated rings. The monoisotopic (exact) mass is 356 g/mol. The average molecular weight is 356 g/mol. The molecular formula is C18H24N6O2. The van der Waals surface area contributed by atoms with Crippen LogP contribution in [0, 0.1) is 13.8 Å². The maximum absolute atomic E-state index is 11.7. The summed E-state index contributed by atoms with van der Waals surface area (Å²) in [6, 6.07) is 5.89. The van der Waals surface area contributed by atoms with E-state index >= 15 is 0 Å². The first-order valence-corrected chi connectivity index (χ1v) is 8.54. The zero-order chi connectivity index (χ0) is 18.7. The lowest BCUT2D eigenvalue weighted by molar-refractivity contribution is 0.0751. The Hall–Kier alpha value is -2.71. The van der Waals surface area contributed by atoms with E-state index in [4.69, 9.17) is 16.2 Å². The van der Waals surface area contributed by atoms with Crippen LogP contribution in [-0.2, 0) is 4.74 Å². The number of hydrogen-bond acceptors (Lipinski definition) is 7. The number of carbonyl (C=O) groups excluding carboxylic acids is 1. The molecule has 1 aromatic carbocycles. The Kier molecular flexibility index (Phi) is 5.34. The molecule has 0 bridgehead atoms. The molecule has 1 aromatic heterocycles. The number of primary amides is 1. The number of aryl methyl sites for hydroxylation is 2. The van der Waals surface area contributed by atoms with Gasteiger partial charge in [-0.1, -0.05) is 6.07 Å². The van der Waals surface area contributed by atoms with Gasteiger partial charge in [-0.15, -0.1) is 0 Å². The van der Waals surface area contributed by atoms with Crippen LogP contribution >= 0.6 is 0 Å². The van der Waals surface area contributed by atoms with Crippen LogP contribution < -0.4 is 22.1 Å². The van der Waals surface area contributed by atoms with Gasteiger partial charge in [-0.25, -0.2) is 4.98 Å². The van der Waals surface area contributed by atoms with Crippen LogP contribution in [0.3, 0.4) is 0 Å². The van der Waals surface area contributed by atoms with Crippen molar-refractivity contribution in [1.29, 1.82) is 0 Å². The molecular weight excluding hydrogens is 332 g/mol. The normalized spacial score (nSPS) is 19.8. The summed E-state index contributed by atoms with van der Waals surface area (Å²) < 4.78 is 5.35. The van der Waals surface area contributed by atoms with Crippen molar-refractivity contribution < 1.29 is 9.53 Å². The van der Waals surface area contributed by atoms with E-state index in [0.29, 0.717) is 25.0 Å². The van der Waals surface area contributed by atoms with Crippen LogP contribution in [0.1, 0.15) is 27.9 Å².